The van der Waals surface area contributed by atoms with Gasteiger partial charge in [0.1, 0.15) is 23.2 Å². The Labute approximate surface area is 173 Å². The lowest BCUT2D eigenvalue weighted by molar-refractivity contribution is -0.154. The summed E-state index contributed by atoms with van der Waals surface area (Å²) in [5, 5.41) is 41.5. The van der Waals surface area contributed by atoms with E-state index in [9.17, 15) is 33.3 Å². The zero-order valence-electron chi connectivity index (χ0n) is 16.5. The van der Waals surface area contributed by atoms with Crippen LogP contribution in [0.2, 0.25) is 0 Å². The number of hydrogen-bond donors (Lipinski definition) is 3. The standard InChI is InChI=1S/C20H17F3N2O6/c1-18-11-12(19(2,31-18)14(26)13(18)17(29)30-3)16(28)25(15(11)27)9-5-4-8(7-24)10(6-9)20(21,22)23/h4-6,13-14,26-28H,1-3H3/t13-,14+,18?,19?/m0/s1. The number of alkyl halides is 3. The molecule has 1 saturated heterocycles. The molecule has 4 rings (SSSR count). The molecular formula is C20H17F3N2O6. The van der Waals surface area contributed by atoms with Crippen LogP contribution in [-0.4, -0.2) is 39.1 Å². The number of hydrogen-bond acceptors (Lipinski definition) is 7. The van der Waals surface area contributed by atoms with Gasteiger partial charge in [-0.2, -0.15) is 18.4 Å². The number of fused-ring (bicyclic) bond motifs is 5. The first kappa shape index (κ1) is 21.0. The fraction of sp³-hybridized carbons (Fsp3) is 0.400. The molecule has 0 aliphatic carbocycles. The number of rotatable bonds is 2. The van der Waals surface area contributed by atoms with Crippen LogP contribution in [0.1, 0.15) is 36.1 Å². The van der Waals surface area contributed by atoms with Crippen LogP contribution >= 0.6 is 0 Å². The highest BCUT2D eigenvalue weighted by atomic mass is 19.4. The lowest BCUT2D eigenvalue weighted by Crippen LogP contribution is -2.45. The van der Waals surface area contributed by atoms with E-state index in [1.54, 1.807) is 0 Å². The van der Waals surface area contributed by atoms with Crippen molar-refractivity contribution < 1.29 is 42.8 Å². The first-order valence-electron chi connectivity index (χ1n) is 9.08. The van der Waals surface area contributed by atoms with Gasteiger partial charge in [-0.25, -0.2) is 0 Å². The van der Waals surface area contributed by atoms with Crippen LogP contribution in [0.15, 0.2) is 18.2 Å². The van der Waals surface area contributed by atoms with Crippen LogP contribution in [0.4, 0.5) is 13.2 Å². The number of nitrogens with zero attached hydrogens (tertiary/aromatic N) is 2. The van der Waals surface area contributed by atoms with Crippen LogP contribution in [-0.2, 0) is 31.6 Å². The average molecular weight is 438 g/mol. The number of carbonyl (C=O) groups is 1. The van der Waals surface area contributed by atoms with Crippen LogP contribution in [0, 0.1) is 17.2 Å². The fourth-order valence-corrected chi connectivity index (χ4v) is 4.81. The number of methoxy groups -OCH3 is 1. The highest BCUT2D eigenvalue weighted by Gasteiger charge is 2.71. The summed E-state index contributed by atoms with van der Waals surface area (Å²) in [6.45, 7) is 2.81. The van der Waals surface area contributed by atoms with E-state index in [-0.39, 0.29) is 16.8 Å². The second kappa shape index (κ2) is 6.15. The molecule has 1 aromatic carbocycles. The normalized spacial score (nSPS) is 29.0. The number of benzene rings is 1. The Morgan fingerprint density at radius 3 is 2.32 bits per heavy atom. The van der Waals surface area contributed by atoms with Gasteiger partial charge < -0.3 is 24.8 Å². The van der Waals surface area contributed by atoms with E-state index >= 15 is 0 Å². The maximum Gasteiger partial charge on any atom is 0.417 e. The Kier molecular flexibility index (Phi) is 4.17. The molecule has 4 atom stereocenters. The third kappa shape index (κ3) is 2.46. The Bertz CT molecular complexity index is 1170. The molecule has 2 unspecified atom stereocenters. The molecule has 8 nitrogen and oxygen atoms in total. The van der Waals surface area contributed by atoms with E-state index in [0.717, 1.165) is 23.8 Å². The highest BCUT2D eigenvalue weighted by molar-refractivity contribution is 5.79. The van der Waals surface area contributed by atoms with Gasteiger partial charge >= 0.3 is 12.1 Å². The molecule has 1 aromatic heterocycles. The number of esters is 1. The summed E-state index contributed by atoms with van der Waals surface area (Å²) in [6.07, 6.45) is -6.31. The second-order valence-corrected chi connectivity index (χ2v) is 7.83. The van der Waals surface area contributed by atoms with Gasteiger partial charge in [0.25, 0.3) is 0 Å². The Morgan fingerprint density at radius 1 is 1.23 bits per heavy atom. The Morgan fingerprint density at radius 2 is 1.81 bits per heavy atom. The molecule has 0 amide bonds. The summed E-state index contributed by atoms with van der Waals surface area (Å²) < 4.78 is 51.5. The van der Waals surface area contributed by atoms with Crippen molar-refractivity contribution in [2.24, 2.45) is 5.92 Å². The van der Waals surface area contributed by atoms with E-state index in [1.165, 1.54) is 19.9 Å². The first-order chi connectivity index (χ1) is 14.3. The number of aliphatic hydroxyl groups is 1. The van der Waals surface area contributed by atoms with Gasteiger partial charge in [0.15, 0.2) is 0 Å². The fourth-order valence-electron chi connectivity index (χ4n) is 4.81. The highest BCUT2D eigenvalue weighted by Crippen LogP contribution is 2.66. The van der Waals surface area contributed by atoms with Crippen LogP contribution in [0.25, 0.3) is 5.69 Å². The number of halogens is 3. The number of carbonyl (C=O) groups excluding carboxylic acids is 1. The smallest absolute Gasteiger partial charge is 0.417 e. The van der Waals surface area contributed by atoms with Crippen molar-refractivity contribution >= 4 is 5.97 Å². The minimum Gasteiger partial charge on any atom is -0.494 e. The van der Waals surface area contributed by atoms with Gasteiger partial charge in [-0.1, -0.05) is 0 Å². The molecule has 1 fully saturated rings. The van der Waals surface area contributed by atoms with Crippen molar-refractivity contribution in [1.29, 1.82) is 5.26 Å². The maximum atomic E-state index is 13.4. The van der Waals surface area contributed by atoms with Crippen molar-refractivity contribution in [3.63, 3.8) is 0 Å². The van der Waals surface area contributed by atoms with Gasteiger partial charge in [0, 0.05) is 0 Å². The van der Waals surface area contributed by atoms with E-state index < -0.39 is 58.3 Å². The minimum absolute atomic E-state index is 0.0360. The first-order valence-corrected chi connectivity index (χ1v) is 9.08. The molecule has 0 saturated carbocycles. The molecule has 2 aliphatic rings. The molecule has 0 radical (unpaired) electrons. The van der Waals surface area contributed by atoms with Gasteiger partial charge in [-0.3, -0.25) is 9.36 Å². The molecule has 31 heavy (non-hydrogen) atoms. The quantitative estimate of drug-likeness (QED) is 0.615. The van der Waals surface area contributed by atoms with Gasteiger partial charge in [-0.15, -0.1) is 0 Å². The monoisotopic (exact) mass is 438 g/mol. The molecule has 0 spiro atoms. The van der Waals surface area contributed by atoms with Crippen molar-refractivity contribution in [3.8, 4) is 23.5 Å². The van der Waals surface area contributed by atoms with Crippen molar-refractivity contribution in [2.75, 3.05) is 7.11 Å². The predicted molar refractivity (Wildman–Crippen MR) is 96.1 cm³/mol. The molecule has 3 heterocycles. The number of ether oxygens (including phenoxy) is 2. The molecular weight excluding hydrogens is 421 g/mol. The number of aromatic nitrogens is 1. The van der Waals surface area contributed by atoms with Crippen LogP contribution < -0.4 is 0 Å². The Balaban J connectivity index is 1.98. The van der Waals surface area contributed by atoms with Crippen molar-refractivity contribution in [2.45, 2.75) is 37.3 Å². The van der Waals surface area contributed by atoms with Crippen LogP contribution in [0.3, 0.4) is 0 Å². The predicted octanol–water partition coefficient (Wildman–Crippen LogP) is 2.40. The van der Waals surface area contributed by atoms with E-state index in [2.05, 4.69) is 0 Å². The van der Waals surface area contributed by atoms with Crippen LogP contribution in [0.5, 0.6) is 11.8 Å². The average Bonchev–Trinajstić information content (AvgIpc) is 3.19. The van der Waals surface area contributed by atoms with Crippen molar-refractivity contribution in [3.05, 3.63) is 40.5 Å². The van der Waals surface area contributed by atoms with Gasteiger partial charge in [-0.05, 0) is 32.0 Å². The van der Waals surface area contributed by atoms with Gasteiger partial charge in [0.2, 0.25) is 11.8 Å². The lowest BCUT2D eigenvalue weighted by Gasteiger charge is -2.31. The SMILES string of the molecule is COC(=O)[C@@H]1[C@@H](O)C2(C)OC1(C)c1c2c(O)n(-c2ccc(C#N)c(C(F)(F)F)c2)c1O. The van der Waals surface area contributed by atoms with E-state index in [1.807, 2.05) is 0 Å². The molecule has 2 aliphatic heterocycles. The summed E-state index contributed by atoms with van der Waals surface area (Å²) in [6, 6.07) is 4.13. The summed E-state index contributed by atoms with van der Waals surface area (Å²) in [5.41, 5.74) is -5.46. The number of aliphatic hydroxyl groups excluding tert-OH is 1. The summed E-state index contributed by atoms with van der Waals surface area (Å²) in [7, 11) is 1.12. The summed E-state index contributed by atoms with van der Waals surface area (Å²) in [5.74, 6) is -3.37. The third-order valence-corrected chi connectivity index (χ3v) is 6.15. The molecule has 2 bridgehead atoms. The number of aromatic hydroxyl groups is 2. The zero-order chi connectivity index (χ0) is 23.1. The third-order valence-electron chi connectivity index (χ3n) is 6.15. The summed E-state index contributed by atoms with van der Waals surface area (Å²) in [4.78, 5) is 12.3. The second-order valence-electron chi connectivity index (χ2n) is 7.83. The molecule has 3 N–H and O–H groups in total. The molecule has 11 heteroatoms. The van der Waals surface area contributed by atoms with Crippen molar-refractivity contribution in [1.82, 2.24) is 4.57 Å². The lowest BCUT2D eigenvalue weighted by atomic mass is 9.70. The van der Waals surface area contributed by atoms with Gasteiger partial charge in [0.05, 0.1) is 41.1 Å². The summed E-state index contributed by atoms with van der Waals surface area (Å²) >= 11 is 0. The Hall–Kier alpha value is -3.23. The zero-order valence-corrected chi connectivity index (χ0v) is 16.5. The largest absolute Gasteiger partial charge is 0.494 e. The maximum absolute atomic E-state index is 13.4. The van der Waals surface area contributed by atoms with E-state index in [4.69, 9.17) is 14.7 Å². The number of nitriles is 1. The van der Waals surface area contributed by atoms with E-state index in [0.29, 0.717) is 6.07 Å². The minimum atomic E-state index is -4.85. The topological polar surface area (TPSA) is 125 Å². The molecule has 164 valence electrons. The molecule has 2 aromatic rings.